The Labute approximate surface area is 682 Å². The Balaban J connectivity index is 0.000000228. The van der Waals surface area contributed by atoms with E-state index in [0.717, 1.165) is 69.3 Å². The van der Waals surface area contributed by atoms with Crippen LogP contribution in [0.5, 0.6) is 11.8 Å². The maximum atomic E-state index is 14.7. The van der Waals surface area contributed by atoms with E-state index in [-0.39, 0.29) is 67.9 Å². The number of anilines is 1. The highest BCUT2D eigenvalue weighted by Crippen LogP contribution is 2.47. The molecule has 0 bridgehead atoms. The molecule has 4 aromatic rings. The first-order valence-corrected chi connectivity index (χ1v) is 50.7. The molecule has 12 rings (SSSR count). The molecule has 0 unspecified atom stereocenters. The number of carbonyl (C=O) groups excluding carboxylic acids is 8. The second-order valence-electron chi connectivity index (χ2n) is 36.0. The Hall–Kier alpha value is -8.58. The zero-order chi connectivity index (χ0) is 84.0. The van der Waals surface area contributed by atoms with Gasteiger partial charge in [-0.1, -0.05) is 165 Å². The summed E-state index contributed by atoms with van der Waals surface area (Å²) in [6.45, 7) is 31.7. The molecule has 0 radical (unpaired) electrons. The quantitative estimate of drug-likeness (QED) is 0.0149. The second kappa shape index (κ2) is 36.1. The monoisotopic (exact) mass is 1680 g/mol. The molecule has 2 aromatic carbocycles. The Kier molecular flexibility index (Phi) is 27.9. The van der Waals surface area contributed by atoms with Crippen molar-refractivity contribution in [2.24, 2.45) is 28.4 Å². The predicted molar refractivity (Wildman–Crippen MR) is 442 cm³/mol. The van der Waals surface area contributed by atoms with E-state index in [1.807, 2.05) is 81.4 Å². The Morgan fingerprint density at radius 2 is 0.939 bits per heavy atom. The maximum Gasteiger partial charge on any atom is 0.408 e. The number of benzene rings is 2. The van der Waals surface area contributed by atoms with Gasteiger partial charge in [0, 0.05) is 54.1 Å². The summed E-state index contributed by atoms with van der Waals surface area (Å²) in [5.74, 6) is -3.51. The van der Waals surface area contributed by atoms with Gasteiger partial charge in [0.05, 0.1) is 39.7 Å². The van der Waals surface area contributed by atoms with Crippen LogP contribution >= 0.6 is 11.6 Å². The van der Waals surface area contributed by atoms with Crippen LogP contribution in [-0.4, -0.2) is 206 Å². The van der Waals surface area contributed by atoms with Crippen molar-refractivity contribution < 1.29 is 74.1 Å². The number of alkyl carbamates (subject to hydrolysis) is 2. The highest BCUT2D eigenvalue weighted by atomic mass is 35.5. The first-order valence-electron chi connectivity index (χ1n) is 39.8. The van der Waals surface area contributed by atoms with Gasteiger partial charge in [0.25, 0.3) is 11.8 Å². The van der Waals surface area contributed by atoms with Crippen LogP contribution in [0, 0.1) is 22.7 Å². The molecule has 8 amide bonds. The van der Waals surface area contributed by atoms with Gasteiger partial charge in [-0.2, -0.15) is 9.97 Å². The predicted octanol–water partition coefficient (Wildman–Crippen LogP) is 9.25. The van der Waals surface area contributed by atoms with Crippen LogP contribution in [-0.2, 0) is 58.3 Å². The molecule has 628 valence electrons. The maximum absolute atomic E-state index is 14.7. The number of carbonyl (C=O) groups is 8. The number of ether oxygens (including phenoxy) is 4. The van der Waals surface area contributed by atoms with E-state index >= 15 is 0 Å². The third-order valence-corrected chi connectivity index (χ3v) is 27.8. The number of sulfonamides is 2. The van der Waals surface area contributed by atoms with Gasteiger partial charge in [-0.25, -0.2) is 36.4 Å². The largest absolute Gasteiger partial charge is 0.472 e. The van der Waals surface area contributed by atoms with Crippen LogP contribution in [0.25, 0.3) is 22.8 Å². The van der Waals surface area contributed by atoms with Crippen LogP contribution in [0.15, 0.2) is 98.1 Å². The molecule has 9 N–H and O–H groups in total. The van der Waals surface area contributed by atoms with Crippen LogP contribution in [0.4, 0.5) is 15.4 Å². The summed E-state index contributed by atoms with van der Waals surface area (Å²) in [4.78, 5) is 132. The lowest BCUT2D eigenvalue weighted by Crippen LogP contribution is -2.60. The van der Waals surface area contributed by atoms with E-state index in [2.05, 4.69) is 98.4 Å². The highest BCUT2D eigenvalue weighted by molar-refractivity contribution is 7.91. The minimum Gasteiger partial charge on any atom is -0.472 e. The Bertz CT molecular complexity index is 4470. The number of hydrogen-bond donors (Lipinski definition) is 8. The van der Waals surface area contributed by atoms with Gasteiger partial charge >= 0.3 is 12.2 Å². The standard InChI is InChI=1S/C40H57N7O8SSi.C36H45ClN6O8S.C4H13NSi/c1-8-26-22-40(26,37(50)46-56(52,53)29-18-19-29)45-35(48)30-20-28(23-47(30)36(49)33(39(2,3)4)44-38(51)55-27-16-12-13-17-27)54-32-21-31(41-24-57(5,6)7)42-34(43-32)25-14-10-9-11-15-25;1-5-22-19-36(22,33(46)42-52(48,49)25-15-16-25)41-31(44)26-17-24(50-28-18-27(37)38-30(39-28)21-11-7-6-8-12-21)20-43(26)32(45)29(35(2,3)4)40-34(47)51-23-13-9-10-14-23;1-6(2,3)4-5/h8-11,14-15,21,26-30,33H,1,12-13,16-20,22-24H2,2-7H3,(H,44,51)(H,45,48)(H,46,50)(H,41,42,43);5-8,11-12,18,22-26,29H,1,9-10,13-17,19-20H2,2-4H3,(H,40,47)(H,41,44)(H,42,46);4-5H2,1-3H3/t26-,28-,30+,33-,40-;22-,24-,26+,29-,36-;/m11./s1. The van der Waals surface area contributed by atoms with E-state index < -0.39 is 164 Å². The van der Waals surface area contributed by atoms with Gasteiger partial charge in [-0.05, 0) is 107 Å². The smallest absolute Gasteiger partial charge is 0.408 e. The molecule has 8 fully saturated rings. The second-order valence-corrected chi connectivity index (χ2v) is 51.3. The molecule has 30 nitrogen and oxygen atoms in total. The van der Waals surface area contributed by atoms with Crippen molar-refractivity contribution in [2.75, 3.05) is 30.7 Å². The SMILES string of the molecule is C=C[C@@H]1C[C@]1(NC(=O)[C@@H]1C[C@@H](Oc2cc(Cl)nc(-c3ccccc3)n2)CN1C(=O)[C@@H](NC(=O)OC1CCCC1)C(C)(C)C)C(=O)NS(=O)(=O)C1CC1.C=C[C@@H]1C[C@]1(NC(=O)[C@@H]1C[C@@H](Oc2cc(NC[Si](C)(C)C)nc(-c3ccccc3)n2)CN1C(=O)[C@@H](NC(=O)OC1CCCC1)C(C)(C)C)C(=O)NS(=O)(=O)C1CC1.C[Si](C)(C)CN. The van der Waals surface area contributed by atoms with E-state index in [9.17, 15) is 55.2 Å². The van der Waals surface area contributed by atoms with Gasteiger partial charge in [-0.3, -0.25) is 38.2 Å². The zero-order valence-corrected chi connectivity index (χ0v) is 72.4. The van der Waals surface area contributed by atoms with Crippen LogP contribution in [0.2, 0.25) is 44.4 Å². The third-order valence-electron chi connectivity index (χ3n) is 21.5. The summed E-state index contributed by atoms with van der Waals surface area (Å²) in [6, 6.07) is 17.2. The highest BCUT2D eigenvalue weighted by Gasteiger charge is 2.64. The summed E-state index contributed by atoms with van der Waals surface area (Å²) in [6.07, 6.45) is 10.2. The molecule has 10 atom stereocenters. The number of nitrogens with one attached hydrogen (secondary N) is 7. The minimum atomic E-state index is -3.91. The Morgan fingerprint density at radius 3 is 1.28 bits per heavy atom. The minimum absolute atomic E-state index is 0.0138. The third kappa shape index (κ3) is 23.6. The number of amides is 8. The molecule has 2 saturated heterocycles. The van der Waals surface area contributed by atoms with Crippen LogP contribution in [0.1, 0.15) is 144 Å². The van der Waals surface area contributed by atoms with Gasteiger partial charge in [-0.15, -0.1) is 13.2 Å². The van der Waals surface area contributed by atoms with Crippen molar-refractivity contribution >= 4 is 101 Å². The summed E-state index contributed by atoms with van der Waals surface area (Å²) < 4.78 is 79.2. The normalized spacial score (nSPS) is 24.0. The fourth-order valence-corrected chi connectivity index (χ4v) is 17.8. The summed E-state index contributed by atoms with van der Waals surface area (Å²) in [7, 11) is -10.2. The number of halogens is 1. The summed E-state index contributed by atoms with van der Waals surface area (Å²) in [5, 5.41) is 13.4. The molecular weight excluding hydrogens is 1570 g/mol. The summed E-state index contributed by atoms with van der Waals surface area (Å²) >= 11 is 6.35. The molecule has 6 aliphatic carbocycles. The van der Waals surface area contributed by atoms with Crippen molar-refractivity contribution in [2.45, 2.75) is 254 Å². The molecule has 2 aliphatic heterocycles. The Morgan fingerprint density at radius 1 is 0.565 bits per heavy atom. The molecule has 115 heavy (non-hydrogen) atoms. The average molecular weight is 1680 g/mol. The molecule has 6 saturated carbocycles. The van der Waals surface area contributed by atoms with Gasteiger partial charge in [0.1, 0.15) is 70.6 Å². The van der Waals surface area contributed by atoms with Crippen LogP contribution < -0.4 is 51.2 Å². The lowest BCUT2D eigenvalue weighted by molar-refractivity contribution is -0.143. The van der Waals surface area contributed by atoms with Gasteiger partial charge in [0.2, 0.25) is 55.4 Å². The molecule has 8 aliphatic rings. The van der Waals surface area contributed by atoms with Crippen molar-refractivity contribution in [3.63, 3.8) is 0 Å². The summed E-state index contributed by atoms with van der Waals surface area (Å²) in [5.41, 5.74) is 2.11. The fourth-order valence-electron chi connectivity index (χ4n) is 14.2. The molecule has 0 spiro atoms. The van der Waals surface area contributed by atoms with Gasteiger partial charge < -0.3 is 61.1 Å². The molecular formula is C80H115ClN14O16S2Si2. The number of rotatable bonds is 28. The zero-order valence-electron chi connectivity index (χ0n) is 68.1. The first-order chi connectivity index (χ1) is 53.9. The number of nitrogens with two attached hydrogens (primary N) is 1. The topological polar surface area (TPSA) is 410 Å². The van der Waals surface area contributed by atoms with E-state index in [4.69, 9.17) is 46.3 Å². The lowest BCUT2D eigenvalue weighted by Gasteiger charge is -2.35. The number of nitrogens with zero attached hydrogens (tertiary/aromatic N) is 6. The van der Waals surface area contributed by atoms with E-state index in [0.29, 0.717) is 48.7 Å². The van der Waals surface area contributed by atoms with Crippen LogP contribution in [0.3, 0.4) is 0 Å². The molecule has 4 heterocycles. The van der Waals surface area contributed by atoms with Crippen molar-refractivity contribution in [1.29, 1.82) is 0 Å². The van der Waals surface area contributed by atoms with Gasteiger partial charge in [0.15, 0.2) is 11.6 Å². The number of aromatic nitrogens is 4. The van der Waals surface area contributed by atoms with Crippen molar-refractivity contribution in [3.05, 3.63) is 103 Å². The first kappa shape index (κ1) is 88.8. The molecule has 2 aromatic heterocycles. The average Bonchev–Trinajstić information content (AvgIpc) is 1.58. The van der Waals surface area contributed by atoms with E-state index in [1.54, 1.807) is 26.8 Å². The van der Waals surface area contributed by atoms with Crippen molar-refractivity contribution in [3.8, 4) is 34.5 Å². The van der Waals surface area contributed by atoms with E-state index in [1.165, 1.54) is 28.0 Å². The lowest BCUT2D eigenvalue weighted by atomic mass is 9.85. The number of likely N-dealkylation sites (tertiary alicyclic amines) is 2. The van der Waals surface area contributed by atoms with Crippen molar-refractivity contribution in [1.82, 2.24) is 60.4 Å². The number of hydrogen-bond acceptors (Lipinski definition) is 22. The molecule has 35 heteroatoms. The fraction of sp³-hybridized carbons (Fsp3) is 0.600.